The molecule has 0 saturated carbocycles. The number of halogens is 1. The summed E-state index contributed by atoms with van der Waals surface area (Å²) in [5, 5.41) is 0.703. The van der Waals surface area contributed by atoms with Gasteiger partial charge in [-0.2, -0.15) is 0 Å². The highest BCUT2D eigenvalue weighted by molar-refractivity contribution is 6.33. The zero-order chi connectivity index (χ0) is 14.5. The minimum atomic E-state index is 0.477. The average Bonchev–Trinajstić information content (AvgIpc) is 2.45. The highest BCUT2D eigenvalue weighted by atomic mass is 35.5. The number of piperazine rings is 1. The Hall–Kier alpha value is -0.880. The minimum Gasteiger partial charge on any atom is -0.353 e. The van der Waals surface area contributed by atoms with Gasteiger partial charge >= 0.3 is 0 Å². The molecule has 6 heteroatoms. The highest BCUT2D eigenvalue weighted by Crippen LogP contribution is 2.24. The maximum Gasteiger partial charge on any atom is 0.147 e. The second-order valence-corrected chi connectivity index (χ2v) is 5.89. The van der Waals surface area contributed by atoms with Gasteiger partial charge in [0.05, 0.1) is 5.02 Å². The predicted octanol–water partition coefficient (Wildman–Crippen LogP) is 0.877. The van der Waals surface area contributed by atoms with Gasteiger partial charge in [0, 0.05) is 52.0 Å². The molecule has 1 aliphatic rings. The van der Waals surface area contributed by atoms with E-state index < -0.39 is 0 Å². The molecule has 0 spiro atoms. The number of hydrogen-bond acceptors (Lipinski definition) is 5. The minimum absolute atomic E-state index is 0.477. The SMILES string of the molecule is CN(C)CCN1CCN(c2ncc(CN)cc2Cl)CC1. The van der Waals surface area contributed by atoms with E-state index in [0.29, 0.717) is 11.6 Å². The number of likely N-dealkylation sites (N-methyl/N-ethyl adjacent to an activating group) is 1. The van der Waals surface area contributed by atoms with Crippen molar-refractivity contribution in [1.29, 1.82) is 0 Å². The molecule has 0 radical (unpaired) electrons. The number of nitrogens with zero attached hydrogens (tertiary/aromatic N) is 4. The Kier molecular flexibility index (Phi) is 5.60. The van der Waals surface area contributed by atoms with Crippen molar-refractivity contribution in [3.05, 3.63) is 22.8 Å². The Morgan fingerprint density at radius 3 is 2.55 bits per heavy atom. The lowest BCUT2D eigenvalue weighted by molar-refractivity contribution is 0.229. The molecule has 0 bridgehead atoms. The Morgan fingerprint density at radius 2 is 2.00 bits per heavy atom. The maximum atomic E-state index is 6.30. The molecular weight excluding hydrogens is 274 g/mol. The van der Waals surface area contributed by atoms with E-state index >= 15 is 0 Å². The highest BCUT2D eigenvalue weighted by Gasteiger charge is 2.19. The van der Waals surface area contributed by atoms with E-state index in [4.69, 9.17) is 17.3 Å². The summed E-state index contributed by atoms with van der Waals surface area (Å²) in [7, 11) is 4.22. The number of rotatable bonds is 5. The first-order chi connectivity index (χ1) is 9.60. The molecule has 2 rings (SSSR count). The maximum absolute atomic E-state index is 6.30. The van der Waals surface area contributed by atoms with Crippen molar-refractivity contribution in [2.45, 2.75) is 6.54 Å². The molecule has 0 unspecified atom stereocenters. The molecule has 0 atom stereocenters. The van der Waals surface area contributed by atoms with Crippen LogP contribution < -0.4 is 10.6 Å². The van der Waals surface area contributed by atoms with Gasteiger partial charge in [0.15, 0.2) is 0 Å². The summed E-state index contributed by atoms with van der Waals surface area (Å²) in [4.78, 5) is 11.4. The Balaban J connectivity index is 1.90. The molecule has 2 N–H and O–H groups in total. The summed E-state index contributed by atoms with van der Waals surface area (Å²) in [6.45, 7) is 6.77. The van der Waals surface area contributed by atoms with E-state index in [1.165, 1.54) is 0 Å². The average molecular weight is 298 g/mol. The van der Waals surface area contributed by atoms with Gasteiger partial charge in [-0.15, -0.1) is 0 Å². The summed E-state index contributed by atoms with van der Waals surface area (Å²) in [6, 6.07) is 1.92. The fourth-order valence-corrected chi connectivity index (χ4v) is 2.65. The van der Waals surface area contributed by atoms with Crippen molar-refractivity contribution >= 4 is 17.4 Å². The molecule has 0 aliphatic carbocycles. The van der Waals surface area contributed by atoms with Crippen molar-refractivity contribution in [1.82, 2.24) is 14.8 Å². The van der Waals surface area contributed by atoms with E-state index in [1.54, 1.807) is 0 Å². The first kappa shape index (κ1) is 15.5. The summed E-state index contributed by atoms with van der Waals surface area (Å²) in [5.74, 6) is 0.885. The summed E-state index contributed by atoms with van der Waals surface area (Å²) >= 11 is 6.30. The van der Waals surface area contributed by atoms with Crippen molar-refractivity contribution in [2.75, 3.05) is 58.3 Å². The van der Waals surface area contributed by atoms with Crippen LogP contribution in [-0.4, -0.2) is 68.1 Å². The molecule has 1 fully saturated rings. The standard InChI is InChI=1S/C14H24ClN5/c1-18(2)3-4-19-5-7-20(8-6-19)14-13(15)9-12(10-16)11-17-14/h9,11H,3-8,10,16H2,1-2H3. The van der Waals surface area contributed by atoms with E-state index in [0.717, 1.165) is 50.6 Å². The normalized spacial score (nSPS) is 16.9. The van der Waals surface area contributed by atoms with Crippen LogP contribution >= 0.6 is 11.6 Å². The summed E-state index contributed by atoms with van der Waals surface area (Å²) in [6.07, 6.45) is 1.82. The van der Waals surface area contributed by atoms with Crippen LogP contribution in [0.5, 0.6) is 0 Å². The summed E-state index contributed by atoms with van der Waals surface area (Å²) < 4.78 is 0. The Labute approximate surface area is 126 Å². The third-order valence-corrected chi connectivity index (χ3v) is 3.93. The van der Waals surface area contributed by atoms with E-state index in [2.05, 4.69) is 33.8 Å². The number of aromatic nitrogens is 1. The lowest BCUT2D eigenvalue weighted by Gasteiger charge is -2.36. The van der Waals surface area contributed by atoms with Gasteiger partial charge in [-0.1, -0.05) is 11.6 Å². The first-order valence-electron chi connectivity index (χ1n) is 7.06. The van der Waals surface area contributed by atoms with Crippen molar-refractivity contribution < 1.29 is 0 Å². The molecule has 1 aromatic rings. The largest absolute Gasteiger partial charge is 0.353 e. The van der Waals surface area contributed by atoms with Crippen LogP contribution in [-0.2, 0) is 6.54 Å². The van der Waals surface area contributed by atoms with Crippen LogP contribution in [0.1, 0.15) is 5.56 Å². The molecule has 0 amide bonds. The van der Waals surface area contributed by atoms with Crippen LogP contribution in [0.25, 0.3) is 0 Å². The molecule has 1 aliphatic heterocycles. The van der Waals surface area contributed by atoms with Crippen LogP contribution in [0.2, 0.25) is 5.02 Å². The van der Waals surface area contributed by atoms with Gasteiger partial charge in [0.1, 0.15) is 5.82 Å². The van der Waals surface area contributed by atoms with E-state index in [-0.39, 0.29) is 0 Å². The van der Waals surface area contributed by atoms with Gasteiger partial charge in [0.25, 0.3) is 0 Å². The predicted molar refractivity (Wildman–Crippen MR) is 84.3 cm³/mol. The van der Waals surface area contributed by atoms with Crippen LogP contribution in [0.3, 0.4) is 0 Å². The lowest BCUT2D eigenvalue weighted by atomic mass is 10.2. The molecule has 1 aromatic heterocycles. The van der Waals surface area contributed by atoms with Gasteiger partial charge in [-0.25, -0.2) is 4.98 Å². The van der Waals surface area contributed by atoms with Gasteiger partial charge in [0.2, 0.25) is 0 Å². The third kappa shape index (κ3) is 4.06. The number of nitrogens with two attached hydrogens (primary N) is 1. The van der Waals surface area contributed by atoms with Crippen molar-refractivity contribution in [2.24, 2.45) is 5.73 Å². The summed E-state index contributed by atoms with van der Waals surface area (Å²) in [5.41, 5.74) is 6.58. The number of anilines is 1. The topological polar surface area (TPSA) is 48.6 Å². The fraction of sp³-hybridized carbons (Fsp3) is 0.643. The molecule has 5 nitrogen and oxygen atoms in total. The zero-order valence-electron chi connectivity index (χ0n) is 12.3. The first-order valence-corrected chi connectivity index (χ1v) is 7.44. The monoisotopic (exact) mass is 297 g/mol. The molecule has 20 heavy (non-hydrogen) atoms. The number of pyridine rings is 1. The Bertz CT molecular complexity index is 430. The molecule has 112 valence electrons. The van der Waals surface area contributed by atoms with Gasteiger partial charge in [-0.05, 0) is 25.7 Å². The Morgan fingerprint density at radius 1 is 1.30 bits per heavy atom. The molecular formula is C14H24ClN5. The fourth-order valence-electron chi connectivity index (χ4n) is 2.34. The van der Waals surface area contributed by atoms with Crippen LogP contribution in [0.15, 0.2) is 12.3 Å². The van der Waals surface area contributed by atoms with E-state index in [1.807, 2.05) is 12.3 Å². The molecule has 0 aromatic carbocycles. The quantitative estimate of drug-likeness (QED) is 0.874. The second kappa shape index (κ2) is 7.22. The van der Waals surface area contributed by atoms with Crippen molar-refractivity contribution in [3.63, 3.8) is 0 Å². The zero-order valence-corrected chi connectivity index (χ0v) is 13.1. The van der Waals surface area contributed by atoms with Gasteiger partial charge < -0.3 is 15.5 Å². The smallest absolute Gasteiger partial charge is 0.147 e. The van der Waals surface area contributed by atoms with Crippen molar-refractivity contribution in [3.8, 4) is 0 Å². The second-order valence-electron chi connectivity index (χ2n) is 5.49. The van der Waals surface area contributed by atoms with Gasteiger partial charge in [-0.3, -0.25) is 4.90 Å². The van der Waals surface area contributed by atoms with Crippen LogP contribution in [0, 0.1) is 0 Å². The lowest BCUT2D eigenvalue weighted by Crippen LogP contribution is -2.48. The molecule has 1 saturated heterocycles. The van der Waals surface area contributed by atoms with E-state index in [9.17, 15) is 0 Å². The van der Waals surface area contributed by atoms with Crippen LogP contribution in [0.4, 0.5) is 5.82 Å². The molecule has 2 heterocycles. The number of hydrogen-bond donors (Lipinski definition) is 1. The third-order valence-electron chi connectivity index (χ3n) is 3.65.